The number of carbonyl (C=O) groups is 2. The molecule has 0 aromatic carbocycles. The monoisotopic (exact) mass is 445 g/mol. The molecule has 7 heteroatoms. The fraction of sp³-hybridized carbons (Fsp3) is 0.800. The summed E-state index contributed by atoms with van der Waals surface area (Å²) in [6.45, 7) is 9.69. The minimum atomic E-state index is -0.468. The molecule has 0 aromatic heterocycles. The summed E-state index contributed by atoms with van der Waals surface area (Å²) in [7, 11) is 0. The maximum absolute atomic E-state index is 11.9. The molecule has 0 unspecified atom stereocenters. The van der Waals surface area contributed by atoms with Crippen molar-refractivity contribution < 1.29 is 19.2 Å². The van der Waals surface area contributed by atoms with Crippen LogP contribution in [-0.2, 0) is 9.57 Å². The van der Waals surface area contributed by atoms with Crippen LogP contribution in [0.2, 0.25) is 0 Å². The fourth-order valence-electron chi connectivity index (χ4n) is 7.28. The van der Waals surface area contributed by atoms with Crippen LogP contribution in [0, 0.1) is 28.6 Å². The standard InChI is InChI=1S/C25H39N3O4/c1-5-26-22(29)31-17-11-13-24(3)16(15-17)7-8-18-19-9-10-21(28-32-23(30)27-6-2)25(19,4)14-12-20(18)24/h7,17-20H,5-6,8-15H2,1-4H3,(H,26,29)(H,27,30)/b28-21-/t17-,18+,19+,20+,24+,25+/m1/s1. The summed E-state index contributed by atoms with van der Waals surface area (Å²) < 4.78 is 5.67. The van der Waals surface area contributed by atoms with Gasteiger partial charge in [-0.2, -0.15) is 0 Å². The Kier molecular flexibility index (Phi) is 6.55. The lowest BCUT2D eigenvalue weighted by molar-refractivity contribution is -0.0239. The third-order valence-electron chi connectivity index (χ3n) is 8.95. The Morgan fingerprint density at radius 3 is 2.47 bits per heavy atom. The highest BCUT2D eigenvalue weighted by molar-refractivity contribution is 5.92. The number of allylic oxidation sites excluding steroid dienone is 1. The molecule has 0 saturated heterocycles. The molecule has 3 fully saturated rings. The number of alkyl carbamates (subject to hydrolysis) is 1. The predicted molar refractivity (Wildman–Crippen MR) is 123 cm³/mol. The number of hydrogen-bond acceptors (Lipinski definition) is 5. The molecule has 0 spiro atoms. The maximum atomic E-state index is 11.9. The molecular weight excluding hydrogens is 406 g/mol. The van der Waals surface area contributed by atoms with Gasteiger partial charge in [-0.1, -0.05) is 30.7 Å². The minimum Gasteiger partial charge on any atom is -0.446 e. The first-order valence-electron chi connectivity index (χ1n) is 12.5. The number of ether oxygens (including phenoxy) is 1. The molecule has 6 atom stereocenters. The lowest BCUT2D eigenvalue weighted by atomic mass is 9.48. The van der Waals surface area contributed by atoms with E-state index >= 15 is 0 Å². The predicted octanol–water partition coefficient (Wildman–Crippen LogP) is 5.17. The first-order chi connectivity index (χ1) is 15.3. The summed E-state index contributed by atoms with van der Waals surface area (Å²) in [6, 6.07) is 0. The van der Waals surface area contributed by atoms with Crippen LogP contribution in [0.5, 0.6) is 0 Å². The highest BCUT2D eigenvalue weighted by Crippen LogP contribution is 2.64. The fourth-order valence-corrected chi connectivity index (χ4v) is 7.28. The number of oxime groups is 1. The number of carbonyl (C=O) groups excluding carboxylic acids is 2. The van der Waals surface area contributed by atoms with Gasteiger partial charge in [-0.05, 0) is 82.0 Å². The van der Waals surface area contributed by atoms with E-state index in [1.807, 2.05) is 13.8 Å². The van der Waals surface area contributed by atoms with Crippen molar-refractivity contribution in [1.82, 2.24) is 10.6 Å². The van der Waals surface area contributed by atoms with Crippen molar-refractivity contribution in [3.63, 3.8) is 0 Å². The number of hydrogen-bond donors (Lipinski definition) is 2. The van der Waals surface area contributed by atoms with Crippen molar-refractivity contribution in [2.75, 3.05) is 13.1 Å². The lowest BCUT2D eigenvalue weighted by Crippen LogP contribution is -2.50. The van der Waals surface area contributed by atoms with Crippen molar-refractivity contribution in [3.8, 4) is 0 Å². The molecule has 0 bridgehead atoms. The van der Waals surface area contributed by atoms with Crippen LogP contribution in [0.3, 0.4) is 0 Å². The van der Waals surface area contributed by atoms with Crippen LogP contribution >= 0.6 is 0 Å². The Morgan fingerprint density at radius 1 is 1.03 bits per heavy atom. The molecule has 7 nitrogen and oxygen atoms in total. The lowest BCUT2D eigenvalue weighted by Gasteiger charge is -2.57. The quantitative estimate of drug-likeness (QED) is 0.355. The Morgan fingerprint density at radius 2 is 1.72 bits per heavy atom. The Balaban J connectivity index is 1.47. The highest BCUT2D eigenvalue weighted by Gasteiger charge is 2.58. The van der Waals surface area contributed by atoms with Crippen LogP contribution < -0.4 is 10.6 Å². The highest BCUT2D eigenvalue weighted by atomic mass is 16.7. The number of rotatable bonds is 4. The van der Waals surface area contributed by atoms with E-state index in [1.165, 1.54) is 12.0 Å². The largest absolute Gasteiger partial charge is 0.446 e. The van der Waals surface area contributed by atoms with Crippen LogP contribution in [0.25, 0.3) is 0 Å². The average Bonchev–Trinajstić information content (AvgIpc) is 3.09. The topological polar surface area (TPSA) is 89.0 Å². The maximum Gasteiger partial charge on any atom is 0.433 e. The van der Waals surface area contributed by atoms with Crippen LogP contribution in [0.4, 0.5) is 9.59 Å². The van der Waals surface area contributed by atoms with Gasteiger partial charge in [0.15, 0.2) is 0 Å². The summed E-state index contributed by atoms with van der Waals surface area (Å²) >= 11 is 0. The molecule has 2 N–H and O–H groups in total. The van der Waals surface area contributed by atoms with E-state index in [4.69, 9.17) is 9.57 Å². The zero-order chi connectivity index (χ0) is 22.9. The summed E-state index contributed by atoms with van der Waals surface area (Å²) in [6.07, 6.45) is 9.96. The van der Waals surface area contributed by atoms with Gasteiger partial charge in [-0.25, -0.2) is 9.59 Å². The second kappa shape index (κ2) is 9.06. The zero-order valence-corrected chi connectivity index (χ0v) is 20.0. The second-order valence-corrected chi connectivity index (χ2v) is 10.5. The molecule has 0 radical (unpaired) electrons. The van der Waals surface area contributed by atoms with Gasteiger partial charge in [0.25, 0.3) is 0 Å². The second-order valence-electron chi connectivity index (χ2n) is 10.5. The van der Waals surface area contributed by atoms with Gasteiger partial charge < -0.3 is 15.4 Å². The molecular formula is C25H39N3O4. The van der Waals surface area contributed by atoms with E-state index in [1.54, 1.807) is 0 Å². The summed E-state index contributed by atoms with van der Waals surface area (Å²) in [5, 5.41) is 9.72. The molecule has 4 aliphatic rings. The molecule has 178 valence electrons. The zero-order valence-electron chi connectivity index (χ0n) is 20.0. The Bertz CT molecular complexity index is 809. The normalized spacial score (nSPS) is 39.2. The molecule has 4 aliphatic carbocycles. The van der Waals surface area contributed by atoms with E-state index in [2.05, 4.69) is 35.7 Å². The first-order valence-corrected chi connectivity index (χ1v) is 12.5. The molecule has 2 amide bonds. The third-order valence-corrected chi connectivity index (χ3v) is 8.95. The van der Waals surface area contributed by atoms with Gasteiger partial charge >= 0.3 is 12.2 Å². The number of nitrogens with zero attached hydrogens (tertiary/aromatic N) is 1. The molecule has 0 aromatic rings. The molecule has 4 rings (SSSR count). The van der Waals surface area contributed by atoms with Gasteiger partial charge in [-0.15, -0.1) is 0 Å². The van der Waals surface area contributed by atoms with Crippen molar-refractivity contribution in [2.45, 2.75) is 85.2 Å². The van der Waals surface area contributed by atoms with Gasteiger partial charge in [0, 0.05) is 24.9 Å². The van der Waals surface area contributed by atoms with Crippen LogP contribution in [0.15, 0.2) is 16.8 Å². The van der Waals surface area contributed by atoms with Crippen LogP contribution in [0.1, 0.15) is 79.1 Å². The minimum absolute atomic E-state index is 0.0112. The van der Waals surface area contributed by atoms with Crippen molar-refractivity contribution >= 4 is 17.9 Å². The van der Waals surface area contributed by atoms with Gasteiger partial charge in [-0.3, -0.25) is 4.84 Å². The number of amides is 2. The van der Waals surface area contributed by atoms with E-state index < -0.39 is 6.09 Å². The van der Waals surface area contributed by atoms with Gasteiger partial charge in [0.1, 0.15) is 6.10 Å². The summed E-state index contributed by atoms with van der Waals surface area (Å²) in [5.41, 5.74) is 2.77. The number of fused-ring (bicyclic) bond motifs is 5. The first kappa shape index (κ1) is 23.1. The SMILES string of the molecule is CCNC(=O)O/N=C1/CC[C@H]2[C@@H]3CC=C4C[C@H](OC(=O)NCC)CC[C@]4(C)[C@H]3CC[C@]12C. The number of nitrogens with one attached hydrogen (secondary N) is 2. The van der Waals surface area contributed by atoms with E-state index in [0.717, 1.165) is 50.7 Å². The molecule has 0 aliphatic heterocycles. The van der Waals surface area contributed by atoms with E-state index in [-0.39, 0.29) is 23.0 Å². The van der Waals surface area contributed by atoms with Crippen molar-refractivity contribution in [1.29, 1.82) is 0 Å². The summed E-state index contributed by atoms with van der Waals surface area (Å²) in [5.74, 6) is 1.88. The average molecular weight is 446 g/mol. The van der Waals surface area contributed by atoms with Crippen LogP contribution in [-0.4, -0.2) is 37.1 Å². The van der Waals surface area contributed by atoms with Gasteiger partial charge in [0.05, 0.1) is 5.71 Å². The third kappa shape index (κ3) is 4.03. The Labute approximate surface area is 191 Å². The van der Waals surface area contributed by atoms with E-state index in [0.29, 0.717) is 30.8 Å². The Hall–Kier alpha value is -2.05. The van der Waals surface area contributed by atoms with Crippen molar-refractivity contribution in [3.05, 3.63) is 11.6 Å². The molecule has 3 saturated carbocycles. The molecule has 32 heavy (non-hydrogen) atoms. The smallest absolute Gasteiger partial charge is 0.433 e. The van der Waals surface area contributed by atoms with Crippen molar-refractivity contribution in [2.24, 2.45) is 33.7 Å². The summed E-state index contributed by atoms with van der Waals surface area (Å²) in [4.78, 5) is 28.8. The van der Waals surface area contributed by atoms with Gasteiger partial charge in [0.2, 0.25) is 0 Å². The van der Waals surface area contributed by atoms with E-state index in [9.17, 15) is 9.59 Å². The molecule has 0 heterocycles.